The molecule has 0 atom stereocenters. The molecule has 0 bridgehead atoms. The van der Waals surface area contributed by atoms with Crippen LogP contribution in [0.3, 0.4) is 0 Å². The van der Waals surface area contributed by atoms with Crippen LogP contribution in [0.1, 0.15) is 0 Å². The zero-order valence-corrected chi connectivity index (χ0v) is 10.2. The molecule has 4 nitrogen and oxygen atoms in total. The third-order valence-electron chi connectivity index (χ3n) is 1.65. The molecule has 1 rings (SSSR count). The molecule has 0 saturated heterocycles. The number of halogens is 2. The number of nitrogens with one attached hydrogen (secondary N) is 1. The lowest BCUT2D eigenvalue weighted by Gasteiger charge is -2.06. The number of carbonyl (C=O) groups is 1. The molecule has 3 N–H and O–H groups in total. The van der Waals surface area contributed by atoms with Gasteiger partial charge in [-0.25, -0.2) is 0 Å². The van der Waals surface area contributed by atoms with Gasteiger partial charge in [0.25, 0.3) is 5.91 Å². The van der Waals surface area contributed by atoms with Crippen molar-refractivity contribution in [1.82, 2.24) is 5.32 Å². The quantitative estimate of drug-likeness (QED) is 0.841. The smallest absolute Gasteiger partial charge is 0.257 e. The Morgan fingerprint density at radius 3 is 2.56 bits per heavy atom. The topological polar surface area (TPSA) is 64.3 Å². The van der Waals surface area contributed by atoms with Gasteiger partial charge in [-0.1, -0.05) is 11.6 Å². The van der Waals surface area contributed by atoms with Gasteiger partial charge < -0.3 is 15.8 Å². The first-order valence-corrected chi connectivity index (χ1v) is 4.95. The first-order chi connectivity index (χ1) is 7.22. The molecule has 1 amide bonds. The molecule has 0 aromatic heterocycles. The lowest BCUT2D eigenvalue weighted by molar-refractivity contribution is -0.123. The van der Waals surface area contributed by atoms with Crippen molar-refractivity contribution in [3.8, 4) is 5.75 Å². The number of amides is 1. The van der Waals surface area contributed by atoms with Gasteiger partial charge in [0.15, 0.2) is 6.61 Å². The van der Waals surface area contributed by atoms with Crippen LogP contribution in [0.2, 0.25) is 5.02 Å². The number of rotatable bonds is 5. The third kappa shape index (κ3) is 5.80. The van der Waals surface area contributed by atoms with Crippen molar-refractivity contribution >= 4 is 29.9 Å². The summed E-state index contributed by atoms with van der Waals surface area (Å²) in [4.78, 5) is 11.1. The maximum atomic E-state index is 11.1. The van der Waals surface area contributed by atoms with Crippen molar-refractivity contribution in [2.24, 2.45) is 5.73 Å². The minimum Gasteiger partial charge on any atom is -0.484 e. The Morgan fingerprint density at radius 2 is 2.00 bits per heavy atom. The van der Waals surface area contributed by atoms with Crippen LogP contribution in [0.4, 0.5) is 0 Å². The second kappa shape index (κ2) is 8.21. The van der Waals surface area contributed by atoms with Gasteiger partial charge in [0.2, 0.25) is 0 Å². The highest BCUT2D eigenvalue weighted by molar-refractivity contribution is 6.30. The summed E-state index contributed by atoms with van der Waals surface area (Å²) in [6, 6.07) is 6.82. The highest BCUT2D eigenvalue weighted by atomic mass is 35.5. The maximum Gasteiger partial charge on any atom is 0.257 e. The molecule has 0 aliphatic rings. The summed E-state index contributed by atoms with van der Waals surface area (Å²) in [5.41, 5.74) is 5.23. The predicted molar refractivity (Wildman–Crippen MR) is 66.3 cm³/mol. The fraction of sp³-hybridized carbons (Fsp3) is 0.300. The molecular formula is C10H14Cl2N2O2. The van der Waals surface area contributed by atoms with E-state index in [4.69, 9.17) is 22.1 Å². The predicted octanol–water partition coefficient (Wildman–Crippen LogP) is 1.22. The van der Waals surface area contributed by atoms with Crippen molar-refractivity contribution in [2.75, 3.05) is 19.7 Å². The Balaban J connectivity index is 0.00000225. The molecule has 90 valence electrons. The molecule has 0 saturated carbocycles. The lowest BCUT2D eigenvalue weighted by atomic mass is 10.3. The SMILES string of the molecule is Cl.NCCNC(=O)COc1ccc(Cl)cc1. The van der Waals surface area contributed by atoms with Crippen LogP contribution in [0.25, 0.3) is 0 Å². The first kappa shape index (κ1) is 15.0. The zero-order chi connectivity index (χ0) is 11.1. The van der Waals surface area contributed by atoms with Crippen LogP contribution in [0.15, 0.2) is 24.3 Å². The van der Waals surface area contributed by atoms with Crippen LogP contribution in [0.5, 0.6) is 5.75 Å². The standard InChI is InChI=1S/C10H13ClN2O2.ClH/c11-8-1-3-9(4-2-8)15-7-10(14)13-6-5-12;/h1-4H,5-7,12H2,(H,13,14);1H. The van der Waals surface area contributed by atoms with Crippen LogP contribution >= 0.6 is 24.0 Å². The molecule has 6 heteroatoms. The number of benzene rings is 1. The van der Waals surface area contributed by atoms with E-state index in [9.17, 15) is 4.79 Å². The lowest BCUT2D eigenvalue weighted by Crippen LogP contribution is -2.32. The Hall–Kier alpha value is -0.970. The molecule has 0 aliphatic carbocycles. The van der Waals surface area contributed by atoms with E-state index in [-0.39, 0.29) is 24.9 Å². The fourth-order valence-electron chi connectivity index (χ4n) is 0.942. The number of nitrogens with two attached hydrogens (primary N) is 1. The van der Waals surface area contributed by atoms with Gasteiger partial charge in [-0.2, -0.15) is 0 Å². The maximum absolute atomic E-state index is 11.1. The minimum atomic E-state index is -0.185. The molecule has 0 fully saturated rings. The van der Waals surface area contributed by atoms with Gasteiger partial charge in [-0.3, -0.25) is 4.79 Å². The Bertz CT molecular complexity index is 317. The van der Waals surface area contributed by atoms with Gasteiger partial charge in [0.05, 0.1) is 0 Å². The third-order valence-corrected chi connectivity index (χ3v) is 1.90. The average Bonchev–Trinajstić information content (AvgIpc) is 2.25. The van der Waals surface area contributed by atoms with Crippen LogP contribution in [-0.2, 0) is 4.79 Å². The molecule has 0 spiro atoms. The van der Waals surface area contributed by atoms with E-state index >= 15 is 0 Å². The van der Waals surface area contributed by atoms with Crippen LogP contribution in [0, 0.1) is 0 Å². The van der Waals surface area contributed by atoms with Gasteiger partial charge in [0.1, 0.15) is 5.75 Å². The second-order valence-corrected chi connectivity index (χ2v) is 3.32. The molecule has 16 heavy (non-hydrogen) atoms. The summed E-state index contributed by atoms with van der Waals surface area (Å²) in [6.45, 7) is 0.872. The summed E-state index contributed by atoms with van der Waals surface area (Å²) in [7, 11) is 0. The van der Waals surface area contributed by atoms with E-state index < -0.39 is 0 Å². The van der Waals surface area contributed by atoms with E-state index in [2.05, 4.69) is 5.32 Å². The van der Waals surface area contributed by atoms with E-state index in [1.807, 2.05) is 0 Å². The van der Waals surface area contributed by atoms with Crippen molar-refractivity contribution in [3.63, 3.8) is 0 Å². The Labute approximate surface area is 106 Å². The van der Waals surface area contributed by atoms with Crippen LogP contribution in [-0.4, -0.2) is 25.6 Å². The van der Waals surface area contributed by atoms with Gasteiger partial charge in [0, 0.05) is 18.1 Å². The van der Waals surface area contributed by atoms with Crippen molar-refractivity contribution in [3.05, 3.63) is 29.3 Å². The average molecular weight is 265 g/mol. The van der Waals surface area contributed by atoms with E-state index in [0.717, 1.165) is 0 Å². The molecule has 0 radical (unpaired) electrons. The number of hydrogen-bond donors (Lipinski definition) is 2. The Morgan fingerprint density at radius 1 is 1.38 bits per heavy atom. The summed E-state index contributed by atoms with van der Waals surface area (Å²) in [5, 5.41) is 3.23. The molecule has 0 aliphatic heterocycles. The second-order valence-electron chi connectivity index (χ2n) is 2.88. The zero-order valence-electron chi connectivity index (χ0n) is 8.61. The normalized spacial score (nSPS) is 9.12. The first-order valence-electron chi connectivity index (χ1n) is 4.57. The molecule has 1 aromatic carbocycles. The molecule has 0 heterocycles. The molecular weight excluding hydrogens is 251 g/mol. The number of hydrogen-bond acceptors (Lipinski definition) is 3. The summed E-state index contributed by atoms with van der Waals surface area (Å²) >= 11 is 5.69. The van der Waals surface area contributed by atoms with E-state index in [1.54, 1.807) is 24.3 Å². The Kier molecular flexibility index (Phi) is 7.72. The van der Waals surface area contributed by atoms with Crippen LogP contribution < -0.4 is 15.8 Å². The largest absolute Gasteiger partial charge is 0.484 e. The van der Waals surface area contributed by atoms with Gasteiger partial charge in [-0.05, 0) is 24.3 Å². The fourth-order valence-corrected chi connectivity index (χ4v) is 1.07. The van der Waals surface area contributed by atoms with Crippen molar-refractivity contribution < 1.29 is 9.53 Å². The highest BCUT2D eigenvalue weighted by Crippen LogP contribution is 2.15. The van der Waals surface area contributed by atoms with Gasteiger partial charge in [-0.15, -0.1) is 12.4 Å². The monoisotopic (exact) mass is 264 g/mol. The summed E-state index contributed by atoms with van der Waals surface area (Å²) in [6.07, 6.45) is 0. The summed E-state index contributed by atoms with van der Waals surface area (Å²) < 4.78 is 5.21. The van der Waals surface area contributed by atoms with E-state index in [1.165, 1.54) is 0 Å². The molecule has 0 unspecified atom stereocenters. The summed E-state index contributed by atoms with van der Waals surface area (Å²) in [5.74, 6) is 0.428. The number of carbonyl (C=O) groups excluding carboxylic acids is 1. The van der Waals surface area contributed by atoms with Crippen molar-refractivity contribution in [1.29, 1.82) is 0 Å². The van der Waals surface area contributed by atoms with E-state index in [0.29, 0.717) is 23.9 Å². The highest BCUT2D eigenvalue weighted by Gasteiger charge is 2.00. The van der Waals surface area contributed by atoms with Gasteiger partial charge >= 0.3 is 0 Å². The van der Waals surface area contributed by atoms with Crippen molar-refractivity contribution in [2.45, 2.75) is 0 Å². The number of ether oxygens (including phenoxy) is 1. The molecule has 1 aromatic rings. The minimum absolute atomic E-state index is 0.